The van der Waals surface area contributed by atoms with Gasteiger partial charge in [0.2, 0.25) is 5.82 Å². The van der Waals surface area contributed by atoms with Crippen LogP contribution in [-0.2, 0) is 0 Å². The number of para-hydroxylation sites is 1. The van der Waals surface area contributed by atoms with E-state index in [-0.39, 0.29) is 18.0 Å². The van der Waals surface area contributed by atoms with Crippen molar-refractivity contribution in [3.05, 3.63) is 87.7 Å². The van der Waals surface area contributed by atoms with Crippen LogP contribution in [0, 0.1) is 11.3 Å². The number of rotatable bonds is 6. The minimum Gasteiger partial charge on any atom is -0.496 e. The Morgan fingerprint density at radius 1 is 1.11 bits per heavy atom. The molecule has 0 N–H and O–H groups in total. The Bertz CT molecular complexity index is 1700. The minimum absolute atomic E-state index is 0.147. The molecule has 0 saturated heterocycles. The molecule has 5 aromatic rings. The van der Waals surface area contributed by atoms with Gasteiger partial charge in [-0.05, 0) is 48.5 Å². The van der Waals surface area contributed by atoms with E-state index in [4.69, 9.17) is 30.8 Å². The molecule has 0 saturated carbocycles. The van der Waals surface area contributed by atoms with E-state index in [0.29, 0.717) is 44.3 Å². The molecule has 0 fully saturated rings. The quantitative estimate of drug-likeness (QED) is 0.305. The highest BCUT2D eigenvalue weighted by molar-refractivity contribution is 6.30. The van der Waals surface area contributed by atoms with Gasteiger partial charge in [-0.15, -0.1) is 0 Å². The third-order valence-electron chi connectivity index (χ3n) is 5.29. The zero-order valence-corrected chi connectivity index (χ0v) is 19.2. The molecule has 0 spiro atoms. The van der Waals surface area contributed by atoms with Crippen LogP contribution in [0.3, 0.4) is 0 Å². The predicted molar refractivity (Wildman–Crippen MR) is 133 cm³/mol. The molecule has 5 rings (SSSR count). The summed E-state index contributed by atoms with van der Waals surface area (Å²) in [7, 11) is 1.58. The van der Waals surface area contributed by atoms with E-state index >= 15 is 0 Å². The van der Waals surface area contributed by atoms with Crippen LogP contribution in [0.15, 0.2) is 81.0 Å². The molecule has 8 nitrogen and oxygen atoms in total. The summed E-state index contributed by atoms with van der Waals surface area (Å²) in [6.07, 6.45) is 1.43. The molecular formula is C26H17ClN4O4. The summed E-state index contributed by atoms with van der Waals surface area (Å²) in [5.41, 5.74) is 1.20. The van der Waals surface area contributed by atoms with Crippen molar-refractivity contribution in [2.45, 2.75) is 0 Å². The van der Waals surface area contributed by atoms with Gasteiger partial charge in [0.1, 0.15) is 23.2 Å². The van der Waals surface area contributed by atoms with E-state index in [1.54, 1.807) is 61.7 Å². The Kier molecular flexibility index (Phi) is 5.92. The monoisotopic (exact) mass is 484 g/mol. The lowest BCUT2D eigenvalue weighted by Gasteiger charge is -2.09. The zero-order chi connectivity index (χ0) is 24.4. The number of nitrogens with zero attached hydrogens (tertiary/aromatic N) is 4. The maximum atomic E-state index is 13.4. The van der Waals surface area contributed by atoms with Gasteiger partial charge < -0.3 is 13.9 Å². The van der Waals surface area contributed by atoms with Crippen molar-refractivity contribution in [3.63, 3.8) is 0 Å². The van der Waals surface area contributed by atoms with E-state index in [1.807, 2.05) is 18.2 Å². The fourth-order valence-corrected chi connectivity index (χ4v) is 3.87. The summed E-state index contributed by atoms with van der Waals surface area (Å²) in [6, 6.07) is 21.0. The number of hydrogen-bond donors (Lipinski definition) is 0. The van der Waals surface area contributed by atoms with Gasteiger partial charge in [-0.1, -0.05) is 29.8 Å². The second kappa shape index (κ2) is 9.33. The molecule has 0 bridgehead atoms. The van der Waals surface area contributed by atoms with Crippen LogP contribution in [0.25, 0.3) is 33.5 Å². The van der Waals surface area contributed by atoms with E-state index in [9.17, 15) is 4.79 Å². The number of nitriles is 1. The maximum Gasteiger partial charge on any atom is 0.282 e. The molecular weight excluding hydrogens is 468 g/mol. The highest BCUT2D eigenvalue weighted by Gasteiger charge is 2.18. The molecule has 0 amide bonds. The topological polar surface area (TPSA) is 103 Å². The largest absolute Gasteiger partial charge is 0.496 e. The van der Waals surface area contributed by atoms with Gasteiger partial charge in [0.05, 0.1) is 29.6 Å². The Morgan fingerprint density at radius 2 is 1.97 bits per heavy atom. The van der Waals surface area contributed by atoms with Gasteiger partial charge in [0.25, 0.3) is 5.56 Å². The fourth-order valence-electron chi connectivity index (χ4n) is 3.69. The summed E-state index contributed by atoms with van der Waals surface area (Å²) in [4.78, 5) is 18.1. The minimum atomic E-state index is -0.379. The van der Waals surface area contributed by atoms with Crippen molar-refractivity contribution >= 4 is 39.7 Å². The molecule has 3 aromatic carbocycles. The molecule has 0 unspecified atom stereocenters. The fraction of sp³-hybridized carbons (Fsp3) is 0.0769. The van der Waals surface area contributed by atoms with Crippen LogP contribution < -0.4 is 15.0 Å². The van der Waals surface area contributed by atoms with Crippen LogP contribution in [0.5, 0.6) is 11.5 Å². The van der Waals surface area contributed by atoms with Crippen molar-refractivity contribution in [2.75, 3.05) is 13.7 Å². The van der Waals surface area contributed by atoms with Crippen LogP contribution in [0.2, 0.25) is 5.02 Å². The molecule has 35 heavy (non-hydrogen) atoms. The molecule has 9 heteroatoms. The van der Waals surface area contributed by atoms with E-state index in [0.717, 1.165) is 5.39 Å². The third kappa shape index (κ3) is 4.21. The zero-order valence-electron chi connectivity index (χ0n) is 18.4. The van der Waals surface area contributed by atoms with Crippen LogP contribution >= 0.6 is 11.6 Å². The SMILES string of the molecule is COc1cccc2oc(-c3nc4ccccc4c(=O)n3N=Cc3cc(Cl)ccc3OCC#N)cc12. The molecule has 2 aromatic heterocycles. The molecule has 0 aliphatic carbocycles. The lowest BCUT2D eigenvalue weighted by atomic mass is 10.2. The van der Waals surface area contributed by atoms with Gasteiger partial charge in [-0.2, -0.15) is 15.0 Å². The first-order valence-electron chi connectivity index (χ1n) is 10.5. The van der Waals surface area contributed by atoms with E-state index < -0.39 is 0 Å². The number of fused-ring (bicyclic) bond motifs is 2. The molecule has 0 radical (unpaired) electrons. The molecule has 2 heterocycles. The van der Waals surface area contributed by atoms with Crippen molar-refractivity contribution < 1.29 is 13.9 Å². The second-order valence-corrected chi connectivity index (χ2v) is 7.86. The number of halogens is 1. The molecule has 0 aliphatic heterocycles. The van der Waals surface area contributed by atoms with Crippen LogP contribution in [-0.4, -0.2) is 29.6 Å². The number of benzene rings is 3. The normalized spacial score (nSPS) is 11.2. The Labute approximate surface area is 204 Å². The number of aromatic nitrogens is 2. The lowest BCUT2D eigenvalue weighted by Crippen LogP contribution is -2.20. The lowest BCUT2D eigenvalue weighted by molar-refractivity contribution is 0.367. The summed E-state index contributed by atoms with van der Waals surface area (Å²) in [6.45, 7) is -0.147. The van der Waals surface area contributed by atoms with Gasteiger partial charge in [0, 0.05) is 10.6 Å². The summed E-state index contributed by atoms with van der Waals surface area (Å²) < 4.78 is 18.1. The van der Waals surface area contributed by atoms with Crippen molar-refractivity contribution in [3.8, 4) is 29.2 Å². The predicted octanol–water partition coefficient (Wildman–Crippen LogP) is 5.26. The number of ether oxygens (including phenoxy) is 2. The van der Waals surface area contributed by atoms with Crippen LogP contribution in [0.1, 0.15) is 5.56 Å². The van der Waals surface area contributed by atoms with Crippen molar-refractivity contribution in [2.24, 2.45) is 5.10 Å². The highest BCUT2D eigenvalue weighted by atomic mass is 35.5. The molecule has 0 atom stereocenters. The number of furan rings is 1. The average molecular weight is 485 g/mol. The summed E-state index contributed by atoms with van der Waals surface area (Å²) in [5.74, 6) is 1.59. The first-order chi connectivity index (χ1) is 17.1. The highest BCUT2D eigenvalue weighted by Crippen LogP contribution is 2.33. The average Bonchev–Trinajstić information content (AvgIpc) is 3.32. The molecule has 172 valence electrons. The third-order valence-corrected chi connectivity index (χ3v) is 5.53. The second-order valence-electron chi connectivity index (χ2n) is 7.43. The first-order valence-corrected chi connectivity index (χ1v) is 10.9. The Morgan fingerprint density at radius 3 is 2.80 bits per heavy atom. The maximum absolute atomic E-state index is 13.4. The Hall–Kier alpha value is -4.61. The van der Waals surface area contributed by atoms with Crippen LogP contribution in [0.4, 0.5) is 0 Å². The summed E-state index contributed by atoms with van der Waals surface area (Å²) in [5, 5.41) is 14.9. The first kappa shape index (κ1) is 22.2. The van der Waals surface area contributed by atoms with Gasteiger partial charge >= 0.3 is 0 Å². The molecule has 0 aliphatic rings. The van der Waals surface area contributed by atoms with E-state index in [2.05, 4.69) is 10.1 Å². The van der Waals surface area contributed by atoms with Gasteiger partial charge in [-0.3, -0.25) is 4.79 Å². The number of methoxy groups -OCH3 is 1. The van der Waals surface area contributed by atoms with Gasteiger partial charge in [-0.25, -0.2) is 4.98 Å². The Balaban J connectivity index is 1.71. The smallest absolute Gasteiger partial charge is 0.282 e. The van der Waals surface area contributed by atoms with Gasteiger partial charge in [0.15, 0.2) is 12.4 Å². The van der Waals surface area contributed by atoms with Crippen molar-refractivity contribution in [1.29, 1.82) is 5.26 Å². The van der Waals surface area contributed by atoms with E-state index in [1.165, 1.54) is 10.9 Å². The standard InChI is InChI=1S/C26H17ClN4O4/c1-33-22-7-4-8-23-19(22)14-24(35-23)25-30-20-6-3-2-5-18(20)26(32)31(25)29-15-16-13-17(27)9-10-21(16)34-12-11-28/h2-10,13-15H,12H2,1H3. The summed E-state index contributed by atoms with van der Waals surface area (Å²) >= 11 is 6.15. The number of hydrogen-bond acceptors (Lipinski definition) is 7. The van der Waals surface area contributed by atoms with Crippen molar-refractivity contribution in [1.82, 2.24) is 9.66 Å².